The number of carbonyl (C=O) groups is 1. The lowest BCUT2D eigenvalue weighted by Crippen LogP contribution is -2.30. The van der Waals surface area contributed by atoms with Crippen molar-refractivity contribution in [1.29, 1.82) is 0 Å². The molecule has 0 spiro atoms. The largest absolute Gasteiger partial charge is 0.484 e. The molecular weight excluding hydrogens is 250 g/mol. The fraction of sp³-hybridized carbons (Fsp3) is 0.533. The van der Waals surface area contributed by atoms with Crippen LogP contribution in [0, 0.1) is 17.6 Å². The van der Waals surface area contributed by atoms with E-state index in [4.69, 9.17) is 4.74 Å². The smallest absolute Gasteiger partial charge is 0.191 e. The van der Waals surface area contributed by atoms with Gasteiger partial charge in [-0.05, 0) is 43.7 Å². The zero-order valence-electron chi connectivity index (χ0n) is 11.0. The van der Waals surface area contributed by atoms with Crippen LogP contribution in [0.3, 0.4) is 0 Å². The third-order valence-corrected chi connectivity index (χ3v) is 3.79. The molecule has 2 unspecified atom stereocenters. The Hall–Kier alpha value is -1.45. The molecule has 1 aliphatic carbocycles. The Morgan fingerprint density at radius 1 is 1.26 bits per heavy atom. The van der Waals surface area contributed by atoms with Gasteiger partial charge in [0.05, 0.1) is 0 Å². The van der Waals surface area contributed by atoms with E-state index in [0.29, 0.717) is 12.2 Å². The van der Waals surface area contributed by atoms with Gasteiger partial charge in [0.15, 0.2) is 17.4 Å². The SMILES string of the molecule is CCC1CCCCC1Oc1c(F)cc(C=O)cc1F. The van der Waals surface area contributed by atoms with E-state index < -0.39 is 11.6 Å². The summed E-state index contributed by atoms with van der Waals surface area (Å²) in [7, 11) is 0. The molecule has 0 saturated heterocycles. The molecule has 4 heteroatoms. The van der Waals surface area contributed by atoms with E-state index in [1.54, 1.807) is 0 Å². The number of hydrogen-bond donors (Lipinski definition) is 0. The quantitative estimate of drug-likeness (QED) is 0.768. The second kappa shape index (κ2) is 6.13. The van der Waals surface area contributed by atoms with Crippen molar-refractivity contribution in [3.8, 4) is 5.75 Å². The Morgan fingerprint density at radius 2 is 1.89 bits per heavy atom. The number of benzene rings is 1. The van der Waals surface area contributed by atoms with Crippen molar-refractivity contribution >= 4 is 6.29 Å². The van der Waals surface area contributed by atoms with E-state index in [9.17, 15) is 13.6 Å². The maximum Gasteiger partial charge on any atom is 0.191 e. The third-order valence-electron chi connectivity index (χ3n) is 3.79. The molecule has 0 radical (unpaired) electrons. The molecule has 19 heavy (non-hydrogen) atoms. The van der Waals surface area contributed by atoms with Crippen molar-refractivity contribution in [3.05, 3.63) is 29.3 Å². The lowest BCUT2D eigenvalue weighted by atomic mass is 9.85. The Morgan fingerprint density at radius 3 is 2.47 bits per heavy atom. The molecule has 0 N–H and O–H groups in total. The summed E-state index contributed by atoms with van der Waals surface area (Å²) in [5.74, 6) is -1.61. The monoisotopic (exact) mass is 268 g/mol. The summed E-state index contributed by atoms with van der Waals surface area (Å²) in [5, 5.41) is 0. The van der Waals surface area contributed by atoms with Gasteiger partial charge in [0.1, 0.15) is 12.4 Å². The summed E-state index contributed by atoms with van der Waals surface area (Å²) in [6, 6.07) is 2.02. The van der Waals surface area contributed by atoms with Gasteiger partial charge >= 0.3 is 0 Å². The van der Waals surface area contributed by atoms with Crippen molar-refractivity contribution < 1.29 is 18.3 Å². The predicted octanol–water partition coefficient (Wildman–Crippen LogP) is 4.12. The molecule has 0 aliphatic heterocycles. The number of rotatable bonds is 4. The molecular formula is C15H18F2O2. The van der Waals surface area contributed by atoms with Gasteiger partial charge in [-0.3, -0.25) is 4.79 Å². The minimum absolute atomic E-state index is 0.0157. The van der Waals surface area contributed by atoms with Crippen molar-refractivity contribution in [2.24, 2.45) is 5.92 Å². The highest BCUT2D eigenvalue weighted by atomic mass is 19.1. The van der Waals surface area contributed by atoms with E-state index in [1.165, 1.54) is 0 Å². The zero-order chi connectivity index (χ0) is 13.8. The molecule has 1 aromatic rings. The lowest BCUT2D eigenvalue weighted by molar-refractivity contribution is 0.0818. The van der Waals surface area contributed by atoms with E-state index in [-0.39, 0.29) is 17.4 Å². The maximum atomic E-state index is 13.8. The first kappa shape index (κ1) is 14.0. The number of ether oxygens (including phenoxy) is 1. The Kier molecular flexibility index (Phi) is 4.51. The van der Waals surface area contributed by atoms with Crippen LogP contribution in [-0.2, 0) is 0 Å². The Bertz CT molecular complexity index is 436. The Labute approximate surface area is 111 Å². The second-order valence-corrected chi connectivity index (χ2v) is 5.04. The normalized spacial score (nSPS) is 23.1. The lowest BCUT2D eigenvalue weighted by Gasteiger charge is -2.31. The molecule has 0 bridgehead atoms. The van der Waals surface area contributed by atoms with Crippen LogP contribution in [0.25, 0.3) is 0 Å². The van der Waals surface area contributed by atoms with Gasteiger partial charge in [0, 0.05) is 5.56 Å². The van der Waals surface area contributed by atoms with Crippen LogP contribution in [0.2, 0.25) is 0 Å². The summed E-state index contributed by atoms with van der Waals surface area (Å²) in [6.45, 7) is 2.06. The average Bonchev–Trinajstić information content (AvgIpc) is 2.43. The molecule has 1 saturated carbocycles. The molecule has 1 aliphatic rings. The standard InChI is InChI=1S/C15H18F2O2/c1-2-11-5-3-4-6-14(11)19-15-12(16)7-10(9-18)8-13(15)17/h7-9,11,14H,2-6H2,1H3. The topological polar surface area (TPSA) is 26.3 Å². The minimum Gasteiger partial charge on any atom is -0.484 e. The molecule has 2 rings (SSSR count). The molecule has 1 aromatic carbocycles. The van der Waals surface area contributed by atoms with Gasteiger partial charge in [-0.15, -0.1) is 0 Å². The van der Waals surface area contributed by atoms with Gasteiger partial charge in [0.25, 0.3) is 0 Å². The van der Waals surface area contributed by atoms with Crippen LogP contribution in [0.1, 0.15) is 49.4 Å². The van der Waals surface area contributed by atoms with E-state index >= 15 is 0 Å². The molecule has 0 aromatic heterocycles. The van der Waals surface area contributed by atoms with Crippen molar-refractivity contribution in [3.63, 3.8) is 0 Å². The number of aldehydes is 1. The predicted molar refractivity (Wildman–Crippen MR) is 68.4 cm³/mol. The number of halogens is 2. The summed E-state index contributed by atoms with van der Waals surface area (Å²) in [5.41, 5.74) is -0.0157. The number of hydrogen-bond acceptors (Lipinski definition) is 2. The Balaban J connectivity index is 2.20. The van der Waals surface area contributed by atoms with Gasteiger partial charge in [-0.1, -0.05) is 13.3 Å². The van der Waals surface area contributed by atoms with Crippen LogP contribution in [0.5, 0.6) is 5.75 Å². The van der Waals surface area contributed by atoms with Crippen molar-refractivity contribution in [2.45, 2.75) is 45.1 Å². The van der Waals surface area contributed by atoms with Crippen molar-refractivity contribution in [2.75, 3.05) is 0 Å². The first-order valence-electron chi connectivity index (χ1n) is 6.76. The van der Waals surface area contributed by atoms with Gasteiger partial charge in [0.2, 0.25) is 0 Å². The molecule has 1 fully saturated rings. The van der Waals surface area contributed by atoms with Gasteiger partial charge < -0.3 is 4.74 Å². The highest BCUT2D eigenvalue weighted by Gasteiger charge is 2.27. The molecule has 104 valence electrons. The van der Waals surface area contributed by atoms with Crippen LogP contribution < -0.4 is 4.74 Å². The molecule has 0 heterocycles. The fourth-order valence-corrected chi connectivity index (χ4v) is 2.71. The summed E-state index contributed by atoms with van der Waals surface area (Å²) in [6.07, 6.45) is 5.27. The summed E-state index contributed by atoms with van der Waals surface area (Å²) < 4.78 is 33.1. The molecule has 0 amide bonds. The van der Waals surface area contributed by atoms with Crippen LogP contribution in [0.15, 0.2) is 12.1 Å². The van der Waals surface area contributed by atoms with E-state index in [1.807, 2.05) is 0 Å². The maximum absolute atomic E-state index is 13.8. The fourth-order valence-electron chi connectivity index (χ4n) is 2.71. The van der Waals surface area contributed by atoms with Gasteiger partial charge in [-0.2, -0.15) is 0 Å². The zero-order valence-corrected chi connectivity index (χ0v) is 11.0. The first-order chi connectivity index (χ1) is 9.15. The van der Waals surface area contributed by atoms with Crippen LogP contribution in [-0.4, -0.2) is 12.4 Å². The third kappa shape index (κ3) is 3.11. The second-order valence-electron chi connectivity index (χ2n) is 5.04. The number of carbonyl (C=O) groups excluding carboxylic acids is 1. The van der Waals surface area contributed by atoms with E-state index in [2.05, 4.69) is 6.92 Å². The van der Waals surface area contributed by atoms with Crippen molar-refractivity contribution in [1.82, 2.24) is 0 Å². The van der Waals surface area contributed by atoms with Crippen LogP contribution >= 0.6 is 0 Å². The minimum atomic E-state index is -0.803. The van der Waals surface area contributed by atoms with Crippen LogP contribution in [0.4, 0.5) is 8.78 Å². The average molecular weight is 268 g/mol. The van der Waals surface area contributed by atoms with E-state index in [0.717, 1.165) is 44.2 Å². The highest BCUT2D eigenvalue weighted by Crippen LogP contribution is 2.32. The molecule has 2 nitrogen and oxygen atoms in total. The summed E-state index contributed by atoms with van der Waals surface area (Å²) >= 11 is 0. The summed E-state index contributed by atoms with van der Waals surface area (Å²) in [4.78, 5) is 10.5. The highest BCUT2D eigenvalue weighted by molar-refractivity contribution is 5.75. The van der Waals surface area contributed by atoms with Gasteiger partial charge in [-0.25, -0.2) is 8.78 Å². The molecule has 2 atom stereocenters. The first-order valence-corrected chi connectivity index (χ1v) is 6.76.